The van der Waals surface area contributed by atoms with Crippen molar-refractivity contribution in [3.05, 3.63) is 35.3 Å². The fraction of sp³-hybridized carbons (Fsp3) is 0.522. The summed E-state index contributed by atoms with van der Waals surface area (Å²) in [6.45, 7) is -0.218. The molecule has 7 rings (SSSR count). The molecule has 41 heavy (non-hydrogen) atoms. The molecule has 3 aliphatic rings. The van der Waals surface area contributed by atoms with Crippen LogP contribution in [-0.4, -0.2) is 75.1 Å². The molecule has 18 heteroatoms. The van der Waals surface area contributed by atoms with Crippen molar-refractivity contribution in [2.45, 2.75) is 62.6 Å². The third-order valence-electron chi connectivity index (χ3n) is 7.97. The summed E-state index contributed by atoms with van der Waals surface area (Å²) >= 11 is 0. The number of hydrogen-bond donors (Lipinski definition) is 5. The van der Waals surface area contributed by atoms with E-state index in [0.717, 1.165) is 0 Å². The standard InChI is InChI=1S/C23H28N9O8P/c24-18-11-4-5-31(19(11)27-8-26-18)14-6-10-2-1-3-12-16(33)17(40-41(35,36)37-7-13(10)38-14)22(39-12)32-9-28-15-20(32)29-23(25)30-21(15)34/h4-5,8-10,12-14,16-17,22,33H,1-3,6-7H2,(H,35,36)(H2,24,26,27)(H3,25,29,30,34)/t10-,12?,13?,14-,16?,17?,22?/m1/s1. The Balaban J connectivity index is 1.15. The Morgan fingerprint density at radius 1 is 1.10 bits per heavy atom. The summed E-state index contributed by atoms with van der Waals surface area (Å²) in [7, 11) is -4.73. The third kappa shape index (κ3) is 4.59. The molecule has 3 saturated heterocycles. The van der Waals surface area contributed by atoms with Crippen LogP contribution in [0.3, 0.4) is 0 Å². The van der Waals surface area contributed by atoms with Gasteiger partial charge < -0.3 is 35.5 Å². The Bertz CT molecular complexity index is 1720. The summed E-state index contributed by atoms with van der Waals surface area (Å²) in [5.74, 6) is 0.187. The molecule has 0 aromatic carbocycles. The predicted octanol–water partition coefficient (Wildman–Crippen LogP) is 0.577. The second-order valence-corrected chi connectivity index (χ2v) is 11.8. The number of rotatable bonds is 2. The van der Waals surface area contributed by atoms with Gasteiger partial charge in [-0.25, -0.2) is 19.5 Å². The molecule has 7 heterocycles. The summed E-state index contributed by atoms with van der Waals surface area (Å²) < 4.78 is 39.7. The van der Waals surface area contributed by atoms with E-state index in [1.54, 1.807) is 0 Å². The molecule has 17 nitrogen and oxygen atoms in total. The van der Waals surface area contributed by atoms with Gasteiger partial charge in [0.1, 0.15) is 36.2 Å². The fourth-order valence-electron chi connectivity index (χ4n) is 6.02. The van der Waals surface area contributed by atoms with Crippen LogP contribution in [0.25, 0.3) is 22.2 Å². The van der Waals surface area contributed by atoms with Crippen molar-refractivity contribution in [3.63, 3.8) is 0 Å². The van der Waals surface area contributed by atoms with Crippen LogP contribution in [0.4, 0.5) is 11.8 Å². The number of nitrogens with two attached hydrogens (primary N) is 2. The summed E-state index contributed by atoms with van der Waals surface area (Å²) in [6.07, 6.45) is 1.48. The quantitative estimate of drug-likeness (QED) is 0.201. The number of imidazole rings is 1. The molecule has 0 saturated carbocycles. The first kappa shape index (κ1) is 26.5. The summed E-state index contributed by atoms with van der Waals surface area (Å²) in [5.41, 5.74) is 11.8. The van der Waals surface area contributed by atoms with Gasteiger partial charge in [0.2, 0.25) is 5.95 Å². The second-order valence-electron chi connectivity index (χ2n) is 10.4. The van der Waals surface area contributed by atoms with Gasteiger partial charge in [0.25, 0.3) is 5.56 Å². The van der Waals surface area contributed by atoms with Gasteiger partial charge in [-0.2, -0.15) is 4.98 Å². The van der Waals surface area contributed by atoms with Gasteiger partial charge in [-0.1, -0.05) is 6.42 Å². The average molecular weight is 590 g/mol. The Hall–Kier alpha value is -3.44. The largest absolute Gasteiger partial charge is 0.472 e. The molecule has 6 unspecified atom stereocenters. The molecule has 3 aliphatic heterocycles. The van der Waals surface area contributed by atoms with Gasteiger partial charge >= 0.3 is 7.82 Å². The van der Waals surface area contributed by atoms with Crippen LogP contribution in [0, 0.1) is 5.92 Å². The van der Waals surface area contributed by atoms with E-state index < -0.39 is 50.3 Å². The number of ether oxygens (including phenoxy) is 2. The summed E-state index contributed by atoms with van der Waals surface area (Å²) in [6, 6.07) is 1.82. The van der Waals surface area contributed by atoms with Crippen molar-refractivity contribution in [1.82, 2.24) is 34.1 Å². The molecule has 8 atom stereocenters. The average Bonchev–Trinajstić information content (AvgIpc) is 3.69. The first-order valence-corrected chi connectivity index (χ1v) is 14.6. The molecular formula is C23H28N9O8P. The molecule has 0 spiro atoms. The van der Waals surface area contributed by atoms with Crippen LogP contribution in [0.15, 0.2) is 29.7 Å². The van der Waals surface area contributed by atoms with Crippen LogP contribution in [0.2, 0.25) is 0 Å². The molecule has 218 valence electrons. The zero-order valence-electron chi connectivity index (χ0n) is 21.5. The lowest BCUT2D eigenvalue weighted by Crippen LogP contribution is -2.34. The van der Waals surface area contributed by atoms with Crippen LogP contribution < -0.4 is 17.0 Å². The number of hydrogen-bond acceptors (Lipinski definition) is 13. The van der Waals surface area contributed by atoms with Gasteiger partial charge in [-0.05, 0) is 31.2 Å². The molecule has 7 N–H and O–H groups in total. The third-order valence-corrected chi connectivity index (χ3v) is 8.96. The van der Waals surface area contributed by atoms with Crippen molar-refractivity contribution in [2.24, 2.45) is 5.92 Å². The maximum Gasteiger partial charge on any atom is 0.472 e. The van der Waals surface area contributed by atoms with Crippen molar-refractivity contribution < 1.29 is 33.1 Å². The van der Waals surface area contributed by atoms with E-state index in [0.29, 0.717) is 42.5 Å². The number of aliphatic hydroxyl groups is 1. The maximum atomic E-state index is 13.1. The Morgan fingerprint density at radius 2 is 1.95 bits per heavy atom. The van der Waals surface area contributed by atoms with Gasteiger partial charge in [0.15, 0.2) is 17.4 Å². The van der Waals surface area contributed by atoms with Crippen LogP contribution in [-0.2, 0) is 23.1 Å². The Kier molecular flexibility index (Phi) is 6.35. The first-order valence-electron chi connectivity index (χ1n) is 13.1. The number of nitrogen functional groups attached to an aromatic ring is 2. The number of phosphoric ester groups is 1. The highest BCUT2D eigenvalue weighted by Gasteiger charge is 2.50. The van der Waals surface area contributed by atoms with Gasteiger partial charge in [-0.15, -0.1) is 0 Å². The van der Waals surface area contributed by atoms with Crippen molar-refractivity contribution in [1.29, 1.82) is 0 Å². The van der Waals surface area contributed by atoms with Crippen molar-refractivity contribution >= 4 is 41.8 Å². The van der Waals surface area contributed by atoms with E-state index in [9.17, 15) is 19.4 Å². The maximum absolute atomic E-state index is 13.1. The monoisotopic (exact) mass is 589 g/mol. The van der Waals surface area contributed by atoms with Gasteiger partial charge in [0.05, 0.1) is 30.5 Å². The zero-order chi connectivity index (χ0) is 28.5. The van der Waals surface area contributed by atoms with E-state index in [1.807, 2.05) is 16.8 Å². The summed E-state index contributed by atoms with van der Waals surface area (Å²) in [5, 5.41) is 11.8. The van der Waals surface area contributed by atoms with E-state index >= 15 is 0 Å². The van der Waals surface area contributed by atoms with Crippen LogP contribution in [0.5, 0.6) is 0 Å². The molecule has 0 amide bonds. The normalized spacial score (nSPS) is 34.4. The Morgan fingerprint density at radius 3 is 2.80 bits per heavy atom. The van der Waals surface area contributed by atoms with E-state index in [1.165, 1.54) is 17.2 Å². The Labute approximate surface area is 231 Å². The molecule has 0 aliphatic carbocycles. The molecular weight excluding hydrogens is 561 g/mol. The SMILES string of the molecule is Nc1nc2c(ncn2C2OC3CCC[C@@H]4C[C@H](n5ccc6c(N)ncnc65)OC4COP(=O)(O)OC2C3O)c(=O)[nH]1. The summed E-state index contributed by atoms with van der Waals surface area (Å²) in [4.78, 5) is 41.9. The molecule has 3 fully saturated rings. The number of H-pyrrole nitrogens is 1. The minimum atomic E-state index is -4.73. The van der Waals surface area contributed by atoms with Crippen molar-refractivity contribution in [2.75, 3.05) is 18.1 Å². The topological polar surface area (TPSA) is 241 Å². The highest BCUT2D eigenvalue weighted by atomic mass is 31.2. The number of nitrogens with one attached hydrogen (secondary N) is 1. The molecule has 4 aromatic heterocycles. The second kappa shape index (κ2) is 9.84. The van der Waals surface area contributed by atoms with E-state index in [4.69, 9.17) is 30.0 Å². The lowest BCUT2D eigenvalue weighted by Gasteiger charge is -2.26. The predicted molar refractivity (Wildman–Crippen MR) is 141 cm³/mol. The van der Waals surface area contributed by atoms with Crippen LogP contribution in [0.1, 0.15) is 38.1 Å². The fourth-order valence-corrected chi connectivity index (χ4v) is 6.95. The highest BCUT2D eigenvalue weighted by Crippen LogP contribution is 2.51. The minimum absolute atomic E-state index is 0.00927. The molecule has 4 aromatic rings. The number of fused-ring (bicyclic) bond motifs is 5. The van der Waals surface area contributed by atoms with Gasteiger partial charge in [0, 0.05) is 6.20 Å². The lowest BCUT2D eigenvalue weighted by atomic mass is 9.93. The zero-order valence-corrected chi connectivity index (χ0v) is 22.4. The number of nitrogens with zero attached hydrogens (tertiary/aromatic N) is 6. The van der Waals surface area contributed by atoms with Crippen LogP contribution >= 0.6 is 7.82 Å². The van der Waals surface area contributed by atoms with Crippen molar-refractivity contribution in [3.8, 4) is 0 Å². The molecule has 2 bridgehead atoms. The van der Waals surface area contributed by atoms with E-state index in [2.05, 4.69) is 24.9 Å². The number of anilines is 2. The number of phosphoric acid groups is 1. The van der Waals surface area contributed by atoms with E-state index in [-0.39, 0.29) is 29.6 Å². The minimum Gasteiger partial charge on any atom is -0.387 e. The number of aliphatic hydroxyl groups excluding tert-OH is 1. The lowest BCUT2D eigenvalue weighted by molar-refractivity contribution is -0.0470. The highest BCUT2D eigenvalue weighted by molar-refractivity contribution is 7.47. The first-order chi connectivity index (χ1) is 19.7. The smallest absolute Gasteiger partial charge is 0.387 e. The number of aromatic amines is 1. The molecule has 0 radical (unpaired) electrons. The van der Waals surface area contributed by atoms with Gasteiger partial charge in [-0.3, -0.25) is 23.4 Å². The number of aromatic nitrogens is 7.